The highest BCUT2D eigenvalue weighted by Crippen LogP contribution is 2.34. The lowest BCUT2D eigenvalue weighted by Crippen LogP contribution is -2.42. The van der Waals surface area contributed by atoms with Crippen LogP contribution in [0.3, 0.4) is 0 Å². The molecule has 0 radical (unpaired) electrons. The van der Waals surface area contributed by atoms with Crippen molar-refractivity contribution >= 4 is 14.5 Å². The monoisotopic (exact) mass is 375 g/mol. The van der Waals surface area contributed by atoms with E-state index in [1.54, 1.807) is 27.4 Å². The van der Waals surface area contributed by atoms with E-state index in [0.717, 1.165) is 0 Å². The van der Waals surface area contributed by atoms with Gasteiger partial charge >= 0.3 is 8.80 Å². The fourth-order valence-corrected chi connectivity index (χ4v) is 4.01. The minimum absolute atomic E-state index is 0.0768. The molecule has 142 valence electrons. The van der Waals surface area contributed by atoms with E-state index in [4.69, 9.17) is 27.5 Å². The first-order chi connectivity index (χ1) is 12.0. The van der Waals surface area contributed by atoms with Gasteiger partial charge in [-0.1, -0.05) is 0 Å². The number of methoxy groups -OCH3 is 2. The number of hydrogen-bond acceptors (Lipinski definition) is 8. The van der Waals surface area contributed by atoms with Crippen LogP contribution in [-0.4, -0.2) is 55.9 Å². The molecule has 10 heteroatoms. The highest BCUT2D eigenvalue weighted by molar-refractivity contribution is 6.60. The second kappa shape index (κ2) is 10.3. The molecule has 25 heavy (non-hydrogen) atoms. The molecule has 0 atom stereocenters. The van der Waals surface area contributed by atoms with Crippen molar-refractivity contribution in [2.24, 2.45) is 0 Å². The van der Waals surface area contributed by atoms with Crippen LogP contribution in [0.5, 0.6) is 11.5 Å². The second-order valence-corrected chi connectivity index (χ2v) is 8.14. The molecule has 1 aromatic rings. The third kappa shape index (κ3) is 5.65. The molecule has 0 spiro atoms. The summed E-state index contributed by atoms with van der Waals surface area (Å²) in [4.78, 5) is 10.8. The summed E-state index contributed by atoms with van der Waals surface area (Å²) in [6.07, 6.45) is 0.642. The third-order valence-corrected chi connectivity index (χ3v) is 6.58. The number of rotatable bonds is 12. The molecular weight excluding hydrogens is 350 g/mol. The number of hydrogen-bond donors (Lipinski definition) is 0. The second-order valence-electron chi connectivity index (χ2n) is 5.04. The van der Waals surface area contributed by atoms with Gasteiger partial charge in [-0.2, -0.15) is 0 Å². The fourth-order valence-electron chi connectivity index (χ4n) is 2.32. The normalized spacial score (nSPS) is 11.4. The van der Waals surface area contributed by atoms with Crippen LogP contribution in [0.25, 0.3) is 0 Å². The maximum absolute atomic E-state index is 11.2. The van der Waals surface area contributed by atoms with E-state index in [1.807, 2.05) is 0 Å². The molecule has 0 aliphatic heterocycles. The average Bonchev–Trinajstić information content (AvgIpc) is 2.64. The Hall–Kier alpha value is -1.72. The molecule has 0 heterocycles. The Labute approximate surface area is 148 Å². The van der Waals surface area contributed by atoms with Crippen molar-refractivity contribution in [1.82, 2.24) is 0 Å². The van der Waals surface area contributed by atoms with Crippen molar-refractivity contribution in [2.75, 3.05) is 42.2 Å². The van der Waals surface area contributed by atoms with Crippen molar-refractivity contribution in [3.8, 4) is 11.5 Å². The zero-order valence-electron chi connectivity index (χ0n) is 15.2. The Morgan fingerprint density at radius 3 is 2.04 bits per heavy atom. The molecule has 0 amide bonds. The molecule has 0 unspecified atom stereocenters. The summed E-state index contributed by atoms with van der Waals surface area (Å²) in [5.74, 6) is 0.713. The SMILES string of the molecule is COc1cc(COCCC[Si](OC)(OC)OC)c([N+](=O)[O-])cc1OC. The lowest BCUT2D eigenvalue weighted by atomic mass is 10.1. The lowest BCUT2D eigenvalue weighted by Gasteiger charge is -2.24. The molecule has 1 aromatic carbocycles. The largest absolute Gasteiger partial charge is 0.500 e. The van der Waals surface area contributed by atoms with Gasteiger partial charge in [0.15, 0.2) is 11.5 Å². The van der Waals surface area contributed by atoms with E-state index in [1.165, 1.54) is 20.3 Å². The van der Waals surface area contributed by atoms with E-state index >= 15 is 0 Å². The molecular formula is C15H25NO8Si. The van der Waals surface area contributed by atoms with Gasteiger partial charge in [-0.3, -0.25) is 10.1 Å². The number of ether oxygens (including phenoxy) is 3. The van der Waals surface area contributed by atoms with Gasteiger partial charge in [0.2, 0.25) is 0 Å². The topological polar surface area (TPSA) is 98.5 Å². The molecule has 9 nitrogen and oxygen atoms in total. The number of nitro benzene ring substituents is 1. The first-order valence-corrected chi connectivity index (χ1v) is 9.52. The van der Waals surface area contributed by atoms with Crippen molar-refractivity contribution < 1.29 is 32.4 Å². The minimum Gasteiger partial charge on any atom is -0.493 e. The lowest BCUT2D eigenvalue weighted by molar-refractivity contribution is -0.386. The summed E-state index contributed by atoms with van der Waals surface area (Å²) in [7, 11) is 4.92. The smallest absolute Gasteiger partial charge is 0.493 e. The summed E-state index contributed by atoms with van der Waals surface area (Å²) in [5, 5.41) is 11.2. The van der Waals surface area contributed by atoms with Crippen molar-refractivity contribution in [3.05, 3.63) is 27.8 Å². The van der Waals surface area contributed by atoms with Crippen LogP contribution in [0.4, 0.5) is 5.69 Å². The minimum atomic E-state index is -2.63. The Kier molecular flexibility index (Phi) is 8.79. The summed E-state index contributed by atoms with van der Waals surface area (Å²) >= 11 is 0. The van der Waals surface area contributed by atoms with Crippen LogP contribution in [0.15, 0.2) is 12.1 Å². The molecule has 0 bridgehead atoms. The summed E-state index contributed by atoms with van der Waals surface area (Å²) in [6, 6.07) is 3.47. The average molecular weight is 375 g/mol. The van der Waals surface area contributed by atoms with Gasteiger partial charge in [0.1, 0.15) is 0 Å². The third-order valence-electron chi connectivity index (χ3n) is 3.74. The van der Waals surface area contributed by atoms with Crippen LogP contribution in [0, 0.1) is 10.1 Å². The van der Waals surface area contributed by atoms with E-state index in [9.17, 15) is 10.1 Å². The molecule has 1 rings (SSSR count). The molecule has 0 saturated heterocycles. The maximum Gasteiger partial charge on any atom is 0.500 e. The van der Waals surface area contributed by atoms with Gasteiger partial charge in [-0.05, 0) is 12.5 Å². The molecule has 0 aliphatic carbocycles. The van der Waals surface area contributed by atoms with Crippen LogP contribution >= 0.6 is 0 Å². The first-order valence-electron chi connectivity index (χ1n) is 7.59. The Balaban J connectivity index is 2.69. The Morgan fingerprint density at radius 1 is 1.00 bits per heavy atom. The van der Waals surface area contributed by atoms with Crippen molar-refractivity contribution in [1.29, 1.82) is 0 Å². The number of nitro groups is 1. The van der Waals surface area contributed by atoms with Gasteiger partial charge in [-0.15, -0.1) is 0 Å². The summed E-state index contributed by atoms with van der Waals surface area (Å²) in [5.41, 5.74) is 0.337. The van der Waals surface area contributed by atoms with Crippen LogP contribution in [0.1, 0.15) is 12.0 Å². The molecule has 0 N–H and O–H groups in total. The van der Waals surface area contributed by atoms with E-state index in [2.05, 4.69) is 0 Å². The van der Waals surface area contributed by atoms with Gasteiger partial charge in [-0.25, -0.2) is 0 Å². The molecule has 0 fully saturated rings. The quantitative estimate of drug-likeness (QED) is 0.238. The van der Waals surface area contributed by atoms with Crippen molar-refractivity contribution in [3.63, 3.8) is 0 Å². The van der Waals surface area contributed by atoms with Gasteiger partial charge in [0.25, 0.3) is 5.69 Å². The van der Waals surface area contributed by atoms with Crippen LogP contribution in [-0.2, 0) is 24.6 Å². The van der Waals surface area contributed by atoms with Crippen molar-refractivity contribution in [2.45, 2.75) is 19.1 Å². The highest BCUT2D eigenvalue weighted by Gasteiger charge is 2.36. The zero-order chi connectivity index (χ0) is 18.9. The van der Waals surface area contributed by atoms with Gasteiger partial charge in [0, 0.05) is 34.0 Å². The van der Waals surface area contributed by atoms with E-state index < -0.39 is 13.7 Å². The van der Waals surface area contributed by atoms with Crippen LogP contribution in [0.2, 0.25) is 6.04 Å². The highest BCUT2D eigenvalue weighted by atomic mass is 28.4. The van der Waals surface area contributed by atoms with Gasteiger partial charge in [0.05, 0.1) is 37.4 Å². The predicted octanol–water partition coefficient (Wildman–Crippen LogP) is 2.40. The number of nitrogens with zero attached hydrogens (tertiary/aromatic N) is 1. The molecule has 0 aliphatic rings. The predicted molar refractivity (Wildman–Crippen MR) is 92.1 cm³/mol. The Bertz CT molecular complexity index is 556. The number of benzene rings is 1. The maximum atomic E-state index is 11.2. The standard InChI is InChI=1S/C15H25NO8Si/c1-19-14-9-12(13(16(17)18)10-15(14)20-2)11-24-7-6-8-25(21-3,22-4)23-5/h9-10H,6-8,11H2,1-5H3. The summed E-state index contributed by atoms with van der Waals surface area (Å²) in [6.45, 7) is 0.467. The van der Waals surface area contributed by atoms with E-state index in [0.29, 0.717) is 36.1 Å². The zero-order valence-corrected chi connectivity index (χ0v) is 16.2. The fraction of sp³-hybridized carbons (Fsp3) is 0.600. The Morgan fingerprint density at radius 2 is 1.56 bits per heavy atom. The molecule has 0 aromatic heterocycles. The molecule has 0 saturated carbocycles. The van der Waals surface area contributed by atoms with E-state index in [-0.39, 0.29) is 12.3 Å². The van der Waals surface area contributed by atoms with Crippen LogP contribution < -0.4 is 9.47 Å². The first kappa shape index (κ1) is 21.3. The summed E-state index contributed by atoms with van der Waals surface area (Å²) < 4.78 is 31.8. The van der Waals surface area contributed by atoms with Gasteiger partial charge < -0.3 is 27.5 Å².